The molecule has 0 aliphatic heterocycles. The summed E-state index contributed by atoms with van der Waals surface area (Å²) in [5.41, 5.74) is 7.75. The van der Waals surface area contributed by atoms with E-state index in [2.05, 4.69) is 20.6 Å². The first-order valence-electron chi connectivity index (χ1n) is 9.83. The van der Waals surface area contributed by atoms with Gasteiger partial charge in [-0.2, -0.15) is 0 Å². The molecule has 2 amide bonds. The molecule has 0 aromatic carbocycles. The molecule has 156 valence electrons. The van der Waals surface area contributed by atoms with Crippen molar-refractivity contribution in [3.63, 3.8) is 0 Å². The summed E-state index contributed by atoms with van der Waals surface area (Å²) in [5.74, 6) is 0.327. The average molecular weight is 409 g/mol. The molecule has 30 heavy (non-hydrogen) atoms. The molecule has 4 rings (SSSR count). The van der Waals surface area contributed by atoms with Gasteiger partial charge in [0.1, 0.15) is 5.69 Å². The lowest BCUT2D eigenvalue weighted by molar-refractivity contribution is 0.0996. The number of nitrogens with zero attached hydrogens (tertiary/aromatic N) is 4. The molecule has 0 bridgehead atoms. The van der Waals surface area contributed by atoms with E-state index in [0.717, 1.165) is 36.9 Å². The lowest BCUT2D eigenvalue weighted by atomic mass is 9.86. The third-order valence-electron chi connectivity index (χ3n) is 5.40. The number of anilines is 1. The van der Waals surface area contributed by atoms with E-state index < -0.39 is 12.0 Å². The number of hydrogen-bond donors (Lipinski definition) is 4. The molecule has 3 aromatic heterocycles. The highest BCUT2D eigenvalue weighted by molar-refractivity contribution is 5.92. The van der Waals surface area contributed by atoms with Crippen molar-refractivity contribution in [2.24, 2.45) is 11.7 Å². The molecule has 3 aromatic rings. The molecule has 1 fully saturated rings. The van der Waals surface area contributed by atoms with Gasteiger partial charge < -0.3 is 25.9 Å². The molecule has 10 nitrogen and oxygen atoms in total. The summed E-state index contributed by atoms with van der Waals surface area (Å²) in [5, 5.41) is 14.7. The number of nitrogens with two attached hydrogens (primary N) is 1. The molecule has 1 saturated carbocycles. The molecular weight excluding hydrogens is 386 g/mol. The predicted molar refractivity (Wildman–Crippen MR) is 110 cm³/mol. The van der Waals surface area contributed by atoms with Crippen LogP contribution in [0, 0.1) is 5.92 Å². The van der Waals surface area contributed by atoms with Crippen molar-refractivity contribution < 1.29 is 14.7 Å². The summed E-state index contributed by atoms with van der Waals surface area (Å²) in [6.45, 7) is 0.476. The summed E-state index contributed by atoms with van der Waals surface area (Å²) in [4.78, 5) is 35.5. The number of amides is 2. The van der Waals surface area contributed by atoms with Gasteiger partial charge in [0.05, 0.1) is 5.69 Å². The van der Waals surface area contributed by atoms with Crippen LogP contribution in [0.5, 0.6) is 0 Å². The standard InChI is InChI=1S/C20H23N7O3/c21-17(28)16-11-27-10-15(13-5-7-22-8-6-13)25-18(19(27)26-16)24-14-3-1-12(2-4-14)9-23-20(29)30/h5-8,10-12,14,23H,1-4,9H2,(H2,21,28)(H,24,25)(H,29,30). The first kappa shape index (κ1) is 19.6. The zero-order valence-corrected chi connectivity index (χ0v) is 16.3. The largest absolute Gasteiger partial charge is 0.465 e. The number of carboxylic acid groups (broad SMARTS) is 1. The quantitative estimate of drug-likeness (QED) is 0.487. The number of aromatic nitrogens is 4. The predicted octanol–water partition coefficient (Wildman–Crippen LogP) is 2.13. The highest BCUT2D eigenvalue weighted by Crippen LogP contribution is 2.28. The van der Waals surface area contributed by atoms with E-state index in [1.165, 1.54) is 0 Å². The van der Waals surface area contributed by atoms with Crippen LogP contribution in [0.3, 0.4) is 0 Å². The zero-order valence-electron chi connectivity index (χ0n) is 16.3. The molecule has 1 aliphatic carbocycles. The van der Waals surface area contributed by atoms with E-state index in [-0.39, 0.29) is 11.7 Å². The monoisotopic (exact) mass is 409 g/mol. The number of imidazole rings is 1. The molecule has 5 N–H and O–H groups in total. The lowest BCUT2D eigenvalue weighted by Gasteiger charge is -2.29. The Morgan fingerprint density at radius 3 is 2.53 bits per heavy atom. The Kier molecular flexibility index (Phi) is 5.46. The summed E-state index contributed by atoms with van der Waals surface area (Å²) in [6.07, 6.45) is 9.43. The number of fused-ring (bicyclic) bond motifs is 1. The van der Waals surface area contributed by atoms with Gasteiger partial charge in [0.25, 0.3) is 5.91 Å². The minimum Gasteiger partial charge on any atom is -0.465 e. The minimum absolute atomic E-state index is 0.176. The molecule has 0 saturated heterocycles. The fraction of sp³-hybridized carbons (Fsp3) is 0.350. The van der Waals surface area contributed by atoms with Crippen LogP contribution in [0.4, 0.5) is 10.6 Å². The van der Waals surface area contributed by atoms with Crippen LogP contribution in [0.2, 0.25) is 0 Å². The Balaban J connectivity index is 1.58. The van der Waals surface area contributed by atoms with Crippen molar-refractivity contribution >= 4 is 23.5 Å². The number of carbonyl (C=O) groups is 2. The normalized spacial score (nSPS) is 18.8. The zero-order chi connectivity index (χ0) is 21.1. The van der Waals surface area contributed by atoms with Crippen molar-refractivity contribution in [3.05, 3.63) is 42.6 Å². The number of nitrogens with one attached hydrogen (secondary N) is 2. The second-order valence-corrected chi connectivity index (χ2v) is 7.48. The summed E-state index contributed by atoms with van der Waals surface area (Å²) in [7, 11) is 0. The van der Waals surface area contributed by atoms with Crippen LogP contribution < -0.4 is 16.4 Å². The van der Waals surface area contributed by atoms with Gasteiger partial charge in [0.15, 0.2) is 11.5 Å². The Bertz CT molecular complexity index is 1060. The van der Waals surface area contributed by atoms with Gasteiger partial charge in [0.2, 0.25) is 0 Å². The van der Waals surface area contributed by atoms with Crippen LogP contribution in [-0.2, 0) is 0 Å². The third kappa shape index (κ3) is 4.32. The Hall–Kier alpha value is -3.69. The van der Waals surface area contributed by atoms with Crippen molar-refractivity contribution in [2.45, 2.75) is 31.7 Å². The van der Waals surface area contributed by atoms with E-state index in [1.54, 1.807) is 23.0 Å². The van der Waals surface area contributed by atoms with Gasteiger partial charge in [-0.15, -0.1) is 0 Å². The first-order valence-corrected chi connectivity index (χ1v) is 9.83. The SMILES string of the molecule is NC(=O)c1cn2cc(-c3ccncc3)nc(NC3CCC(CNC(=O)O)CC3)c2n1. The lowest BCUT2D eigenvalue weighted by Crippen LogP contribution is -2.33. The number of pyridine rings is 1. The van der Waals surface area contributed by atoms with Crippen LogP contribution in [0.25, 0.3) is 16.9 Å². The van der Waals surface area contributed by atoms with Crippen LogP contribution in [-0.4, -0.2) is 49.0 Å². The molecular formula is C20H23N7O3. The molecule has 0 unspecified atom stereocenters. The molecule has 3 heterocycles. The fourth-order valence-electron chi connectivity index (χ4n) is 3.81. The van der Waals surface area contributed by atoms with E-state index in [4.69, 9.17) is 15.8 Å². The van der Waals surface area contributed by atoms with Gasteiger partial charge in [-0.1, -0.05) is 0 Å². The smallest absolute Gasteiger partial charge is 0.404 e. The Morgan fingerprint density at radius 2 is 1.87 bits per heavy atom. The summed E-state index contributed by atoms with van der Waals surface area (Å²) < 4.78 is 1.76. The maximum atomic E-state index is 11.6. The van der Waals surface area contributed by atoms with Crippen molar-refractivity contribution in [1.82, 2.24) is 24.7 Å². The number of hydrogen-bond acceptors (Lipinski definition) is 6. The van der Waals surface area contributed by atoms with Gasteiger partial charge in [0, 0.05) is 42.9 Å². The topological polar surface area (TPSA) is 148 Å². The van der Waals surface area contributed by atoms with E-state index in [9.17, 15) is 9.59 Å². The maximum absolute atomic E-state index is 11.6. The number of carbonyl (C=O) groups excluding carboxylic acids is 1. The molecule has 0 spiro atoms. The highest BCUT2D eigenvalue weighted by atomic mass is 16.4. The van der Waals surface area contributed by atoms with Gasteiger partial charge in [-0.3, -0.25) is 9.78 Å². The van der Waals surface area contributed by atoms with Crippen LogP contribution >= 0.6 is 0 Å². The van der Waals surface area contributed by atoms with E-state index in [0.29, 0.717) is 23.9 Å². The fourth-order valence-corrected chi connectivity index (χ4v) is 3.81. The van der Waals surface area contributed by atoms with Crippen LogP contribution in [0.1, 0.15) is 36.2 Å². The van der Waals surface area contributed by atoms with Gasteiger partial charge >= 0.3 is 6.09 Å². The third-order valence-corrected chi connectivity index (χ3v) is 5.40. The molecule has 0 atom stereocenters. The summed E-state index contributed by atoms with van der Waals surface area (Å²) in [6, 6.07) is 3.92. The second-order valence-electron chi connectivity index (χ2n) is 7.48. The first-order chi connectivity index (χ1) is 14.5. The van der Waals surface area contributed by atoms with Crippen molar-refractivity contribution in [3.8, 4) is 11.3 Å². The minimum atomic E-state index is -0.987. The number of primary amides is 1. The number of rotatable bonds is 6. The van der Waals surface area contributed by atoms with Crippen molar-refractivity contribution in [2.75, 3.05) is 11.9 Å². The van der Waals surface area contributed by atoms with E-state index >= 15 is 0 Å². The van der Waals surface area contributed by atoms with Gasteiger partial charge in [-0.05, 0) is 43.7 Å². The molecule has 10 heteroatoms. The highest BCUT2D eigenvalue weighted by Gasteiger charge is 2.23. The van der Waals surface area contributed by atoms with Gasteiger partial charge in [-0.25, -0.2) is 14.8 Å². The average Bonchev–Trinajstić information content (AvgIpc) is 3.19. The Labute approximate surface area is 172 Å². The second kappa shape index (κ2) is 8.36. The molecule has 1 aliphatic rings. The Morgan fingerprint density at radius 1 is 1.13 bits per heavy atom. The van der Waals surface area contributed by atoms with Crippen molar-refractivity contribution in [1.29, 1.82) is 0 Å². The maximum Gasteiger partial charge on any atom is 0.404 e. The molecule has 0 radical (unpaired) electrons. The summed E-state index contributed by atoms with van der Waals surface area (Å²) >= 11 is 0. The van der Waals surface area contributed by atoms with E-state index in [1.807, 2.05) is 18.3 Å². The van der Waals surface area contributed by atoms with Crippen LogP contribution in [0.15, 0.2) is 36.9 Å².